The average Bonchev–Trinajstić information content (AvgIpc) is 2.86. The lowest BCUT2D eigenvalue weighted by molar-refractivity contribution is -0.147. The molecule has 3 aliphatic rings. The van der Waals surface area contributed by atoms with Crippen molar-refractivity contribution in [3.63, 3.8) is 0 Å². The molecule has 3 aliphatic carbocycles. The zero-order valence-electron chi connectivity index (χ0n) is 21.9. The van der Waals surface area contributed by atoms with Gasteiger partial charge in [0, 0.05) is 23.5 Å². The van der Waals surface area contributed by atoms with Crippen LogP contribution in [-0.4, -0.2) is 50.1 Å². The number of hydrogen-bond donors (Lipinski definition) is 5. The highest BCUT2D eigenvalue weighted by Crippen LogP contribution is 2.54. The first-order valence-electron chi connectivity index (χ1n) is 13.0. The molecule has 1 fully saturated rings. The molecule has 0 unspecified atom stereocenters. The van der Waals surface area contributed by atoms with Gasteiger partial charge in [-0.25, -0.2) is 0 Å². The molecule has 0 heterocycles. The average molecular weight is 534 g/mol. The fourth-order valence-corrected chi connectivity index (χ4v) is 6.37. The van der Waals surface area contributed by atoms with Gasteiger partial charge in [-0.15, -0.1) is 0 Å². The van der Waals surface area contributed by atoms with Crippen LogP contribution in [0.3, 0.4) is 0 Å². The molecule has 0 saturated heterocycles. The Bertz CT molecular complexity index is 1500. The zero-order chi connectivity index (χ0) is 28.4. The second-order valence-electron chi connectivity index (χ2n) is 10.7. The van der Waals surface area contributed by atoms with E-state index in [1.807, 2.05) is 26.8 Å². The van der Waals surface area contributed by atoms with Gasteiger partial charge >= 0.3 is 0 Å². The third-order valence-corrected chi connectivity index (χ3v) is 8.18. The molecule has 9 nitrogen and oxygen atoms in total. The van der Waals surface area contributed by atoms with Gasteiger partial charge in [0.2, 0.25) is 5.78 Å². The molecule has 2 aromatic carbocycles. The highest BCUT2D eigenvalue weighted by atomic mass is 16.5. The van der Waals surface area contributed by atoms with E-state index < -0.39 is 52.0 Å². The summed E-state index contributed by atoms with van der Waals surface area (Å²) in [5, 5.41) is 45.3. The van der Waals surface area contributed by atoms with Gasteiger partial charge in [-0.2, -0.15) is 0 Å². The Balaban J connectivity index is 1.73. The lowest BCUT2D eigenvalue weighted by atomic mass is 9.59. The van der Waals surface area contributed by atoms with Crippen molar-refractivity contribution in [3.8, 4) is 22.6 Å². The van der Waals surface area contributed by atoms with E-state index in [0.717, 1.165) is 5.56 Å². The molecule has 1 saturated carbocycles. The van der Waals surface area contributed by atoms with Crippen molar-refractivity contribution in [1.82, 2.24) is 0 Å². The molecule has 39 heavy (non-hydrogen) atoms. The van der Waals surface area contributed by atoms with E-state index in [1.54, 1.807) is 24.3 Å². The Hall–Kier alpha value is -4.11. The second-order valence-corrected chi connectivity index (χ2v) is 10.7. The van der Waals surface area contributed by atoms with Gasteiger partial charge in [0.15, 0.2) is 11.4 Å². The highest BCUT2D eigenvalue weighted by molar-refractivity contribution is 6.22. The van der Waals surface area contributed by atoms with Crippen LogP contribution >= 0.6 is 0 Å². The Kier molecular flexibility index (Phi) is 6.30. The van der Waals surface area contributed by atoms with E-state index >= 15 is 0 Å². The van der Waals surface area contributed by atoms with Crippen molar-refractivity contribution in [1.29, 1.82) is 0 Å². The van der Waals surface area contributed by atoms with E-state index in [-0.39, 0.29) is 42.1 Å². The summed E-state index contributed by atoms with van der Waals surface area (Å²) in [6, 6.07) is 9.04. The number of hydrogen-bond acceptors (Lipinski definition) is 8. The number of aliphatic hydroxyl groups is 3. The predicted octanol–water partition coefficient (Wildman–Crippen LogP) is 3.61. The Morgan fingerprint density at radius 1 is 1.15 bits per heavy atom. The molecular formula is C30H31NO8. The van der Waals surface area contributed by atoms with E-state index in [2.05, 4.69) is 0 Å². The number of rotatable bonds is 5. The van der Waals surface area contributed by atoms with Crippen LogP contribution in [-0.2, 0) is 20.8 Å². The van der Waals surface area contributed by atoms with Crippen molar-refractivity contribution in [2.45, 2.75) is 51.6 Å². The van der Waals surface area contributed by atoms with Crippen LogP contribution in [0.15, 0.2) is 47.2 Å². The van der Waals surface area contributed by atoms with Gasteiger partial charge in [0.25, 0.3) is 5.91 Å². The van der Waals surface area contributed by atoms with Crippen LogP contribution in [0, 0.1) is 11.8 Å². The Morgan fingerprint density at radius 2 is 1.87 bits per heavy atom. The molecule has 1 amide bonds. The largest absolute Gasteiger partial charge is 0.508 e. The van der Waals surface area contributed by atoms with Crippen LogP contribution in [0.25, 0.3) is 16.9 Å². The molecule has 5 rings (SSSR count). The fraction of sp³-hybridized carbons (Fsp3) is 0.367. The Labute approximate surface area is 225 Å². The summed E-state index contributed by atoms with van der Waals surface area (Å²) in [6.07, 6.45) is 0.0213. The summed E-state index contributed by atoms with van der Waals surface area (Å²) >= 11 is 0. The first-order chi connectivity index (χ1) is 18.4. The molecule has 6 N–H and O–H groups in total. The van der Waals surface area contributed by atoms with Crippen LogP contribution in [0.1, 0.15) is 56.2 Å². The molecule has 0 spiro atoms. The van der Waals surface area contributed by atoms with E-state index in [0.29, 0.717) is 29.0 Å². The van der Waals surface area contributed by atoms with Crippen molar-refractivity contribution in [3.05, 3.63) is 63.9 Å². The molecular weight excluding hydrogens is 502 g/mol. The van der Waals surface area contributed by atoms with Crippen LogP contribution in [0.2, 0.25) is 0 Å². The van der Waals surface area contributed by atoms with E-state index in [1.165, 1.54) is 0 Å². The number of amides is 1. The van der Waals surface area contributed by atoms with Gasteiger partial charge in [-0.1, -0.05) is 26.0 Å². The van der Waals surface area contributed by atoms with Gasteiger partial charge in [-0.3, -0.25) is 14.4 Å². The topological polar surface area (TPSA) is 167 Å². The monoisotopic (exact) mass is 533 g/mol. The van der Waals surface area contributed by atoms with Crippen molar-refractivity contribution >= 4 is 23.2 Å². The highest BCUT2D eigenvalue weighted by Gasteiger charge is 2.60. The predicted molar refractivity (Wildman–Crippen MR) is 142 cm³/mol. The maximum atomic E-state index is 13.8. The molecule has 0 radical (unpaired) electrons. The summed E-state index contributed by atoms with van der Waals surface area (Å²) in [5.74, 6) is -5.77. The molecule has 0 bridgehead atoms. The second kappa shape index (κ2) is 9.27. The van der Waals surface area contributed by atoms with Crippen LogP contribution < -0.4 is 10.5 Å². The SMILES string of the molecule is CCOc1cccc(-c2cc(C(C)C)c3c(c2O)C(O)=C2C(=O)[C@]4(O)C(O)=C(C(N)=O)C(=O)C[C@@H]4C[C@@H]2C3)c1. The maximum Gasteiger partial charge on any atom is 0.255 e. The fourth-order valence-electron chi connectivity index (χ4n) is 6.37. The number of benzene rings is 2. The number of nitrogens with two attached hydrogens (primary N) is 1. The van der Waals surface area contributed by atoms with Gasteiger partial charge in [0.05, 0.1) is 12.2 Å². The van der Waals surface area contributed by atoms with Gasteiger partial charge in [-0.05, 0) is 66.5 Å². The standard InChI is InChI=1S/C30H31NO8/c1-4-39-17-7-5-6-14(9-17)19-12-18(13(2)3)20-10-15-8-16-11-21(32)24(29(31)37)28(36)30(16,38)27(35)22(15)26(34)23(20)25(19)33/h5-7,9,12-13,15-16,33-34,36,38H,4,8,10-11H2,1-3H3,(H2,31,37)/t15-,16+,30+/m1/s1. The molecule has 204 valence electrons. The number of aromatic hydroxyl groups is 1. The van der Waals surface area contributed by atoms with Crippen LogP contribution in [0.5, 0.6) is 11.5 Å². The number of fused-ring (bicyclic) bond motifs is 3. The number of carbonyl (C=O) groups excluding carboxylic acids is 3. The minimum absolute atomic E-state index is 0.000102. The summed E-state index contributed by atoms with van der Waals surface area (Å²) in [7, 11) is 0. The molecule has 3 atom stereocenters. The van der Waals surface area contributed by atoms with Crippen molar-refractivity contribution in [2.75, 3.05) is 6.61 Å². The molecule has 2 aromatic rings. The summed E-state index contributed by atoms with van der Waals surface area (Å²) < 4.78 is 5.61. The lowest BCUT2D eigenvalue weighted by Gasteiger charge is -2.46. The number of ether oxygens (including phenoxy) is 1. The number of primary amides is 1. The van der Waals surface area contributed by atoms with E-state index in [4.69, 9.17) is 10.5 Å². The molecule has 0 aliphatic heterocycles. The quantitative estimate of drug-likeness (QED) is 0.363. The minimum Gasteiger partial charge on any atom is -0.508 e. The normalized spacial score (nSPS) is 24.4. The summed E-state index contributed by atoms with van der Waals surface area (Å²) in [4.78, 5) is 38.2. The van der Waals surface area contributed by atoms with Gasteiger partial charge < -0.3 is 30.9 Å². The summed E-state index contributed by atoms with van der Waals surface area (Å²) in [6.45, 7) is 6.30. The number of ketones is 2. The first-order valence-corrected chi connectivity index (χ1v) is 13.0. The smallest absolute Gasteiger partial charge is 0.255 e. The minimum atomic E-state index is -2.59. The molecule has 9 heteroatoms. The van der Waals surface area contributed by atoms with Crippen molar-refractivity contribution in [2.24, 2.45) is 17.6 Å². The summed E-state index contributed by atoms with van der Waals surface area (Å²) in [5.41, 5.74) is 4.43. The number of carbonyl (C=O) groups is 3. The first kappa shape index (κ1) is 26.5. The van der Waals surface area contributed by atoms with E-state index in [9.17, 15) is 34.8 Å². The number of Topliss-reactive ketones (excluding diaryl/α,β-unsaturated/α-hetero) is 2. The third kappa shape index (κ3) is 3.83. The van der Waals surface area contributed by atoms with Crippen LogP contribution in [0.4, 0.5) is 0 Å². The molecule has 0 aromatic heterocycles. The van der Waals surface area contributed by atoms with Gasteiger partial charge in [0.1, 0.15) is 28.6 Å². The number of phenolic OH excluding ortho intramolecular Hbond substituents is 1. The third-order valence-electron chi connectivity index (χ3n) is 8.18. The zero-order valence-corrected chi connectivity index (χ0v) is 21.9. The lowest BCUT2D eigenvalue weighted by Crippen LogP contribution is -2.58. The number of phenols is 1. The Morgan fingerprint density at radius 3 is 2.51 bits per heavy atom. The van der Waals surface area contributed by atoms with Crippen molar-refractivity contribution < 1.29 is 39.5 Å². The number of aliphatic hydroxyl groups excluding tert-OH is 2. The maximum absolute atomic E-state index is 13.8.